The molecule has 1 saturated heterocycles. The summed E-state index contributed by atoms with van der Waals surface area (Å²) in [6, 6.07) is 0. The Kier molecular flexibility index (Phi) is 4.53. The standard InChI is InChI=1S/C15H16N4O7/c1-15(24)11(23)8(5-20)26-14(15)19-4-7(2-3-9(21)22)10-12(18-25)16-6-17-13(10)19/h4,6,8,11,14,20,23-25H,5H2,1H3,(H,21,22)(H,16,17,18)/t8?,11?,14?,15-/m1/s1. The molecule has 3 rings (SSSR count). The first-order valence-corrected chi connectivity index (χ1v) is 7.48. The molecule has 0 radical (unpaired) electrons. The van der Waals surface area contributed by atoms with E-state index in [-0.39, 0.29) is 22.4 Å². The average Bonchev–Trinajstić information content (AvgIpc) is 3.08. The molecular formula is C15H16N4O7. The molecule has 0 saturated carbocycles. The molecule has 1 fully saturated rings. The summed E-state index contributed by atoms with van der Waals surface area (Å²) < 4.78 is 6.89. The van der Waals surface area contributed by atoms with Crippen molar-refractivity contribution in [2.24, 2.45) is 0 Å². The van der Waals surface area contributed by atoms with Crippen LogP contribution < -0.4 is 5.48 Å². The number of aromatic nitrogens is 3. The summed E-state index contributed by atoms with van der Waals surface area (Å²) in [6.07, 6.45) is -1.06. The van der Waals surface area contributed by atoms with Gasteiger partial charge >= 0.3 is 5.97 Å². The number of carboxylic acids is 1. The summed E-state index contributed by atoms with van der Waals surface area (Å²) in [5.74, 6) is 2.99. The third kappa shape index (κ3) is 2.75. The molecule has 3 unspecified atom stereocenters. The molecule has 0 amide bonds. The van der Waals surface area contributed by atoms with E-state index in [1.165, 1.54) is 17.7 Å². The Labute approximate surface area is 146 Å². The lowest BCUT2D eigenvalue weighted by Gasteiger charge is -2.27. The van der Waals surface area contributed by atoms with E-state index in [0.29, 0.717) is 0 Å². The Balaban J connectivity index is 2.22. The van der Waals surface area contributed by atoms with Gasteiger partial charge in [-0.1, -0.05) is 5.92 Å². The maximum absolute atomic E-state index is 10.8. The number of carboxylic acid groups (broad SMARTS) is 1. The molecule has 2 aromatic rings. The Morgan fingerprint density at radius 3 is 2.81 bits per heavy atom. The van der Waals surface area contributed by atoms with Gasteiger partial charge in [0.1, 0.15) is 29.8 Å². The minimum Gasteiger partial charge on any atom is -0.472 e. The fourth-order valence-electron chi connectivity index (χ4n) is 2.95. The Morgan fingerprint density at radius 1 is 1.50 bits per heavy atom. The van der Waals surface area contributed by atoms with Gasteiger partial charge in [0.25, 0.3) is 0 Å². The monoisotopic (exact) mass is 364 g/mol. The fraction of sp³-hybridized carbons (Fsp3) is 0.400. The highest BCUT2D eigenvalue weighted by atomic mass is 16.6. The number of aliphatic hydroxyl groups excluding tert-OH is 2. The average molecular weight is 364 g/mol. The van der Waals surface area contributed by atoms with Crippen molar-refractivity contribution in [2.45, 2.75) is 31.0 Å². The minimum atomic E-state index is -1.78. The van der Waals surface area contributed by atoms with Gasteiger partial charge in [-0.25, -0.2) is 14.8 Å². The second-order valence-corrected chi connectivity index (χ2v) is 5.92. The van der Waals surface area contributed by atoms with E-state index in [2.05, 4.69) is 15.9 Å². The second kappa shape index (κ2) is 6.52. The third-order valence-electron chi connectivity index (χ3n) is 4.21. The number of rotatable bonds is 3. The lowest BCUT2D eigenvalue weighted by atomic mass is 9.96. The summed E-state index contributed by atoms with van der Waals surface area (Å²) in [4.78, 5) is 18.7. The number of fused-ring (bicyclic) bond motifs is 1. The number of nitrogens with zero attached hydrogens (tertiary/aromatic N) is 3. The molecule has 0 spiro atoms. The van der Waals surface area contributed by atoms with Gasteiger partial charge in [0.2, 0.25) is 0 Å². The van der Waals surface area contributed by atoms with Gasteiger partial charge in [-0.05, 0) is 6.92 Å². The van der Waals surface area contributed by atoms with Crippen molar-refractivity contribution < 1.29 is 35.2 Å². The van der Waals surface area contributed by atoms with Crippen molar-refractivity contribution in [3.8, 4) is 11.8 Å². The number of ether oxygens (including phenoxy) is 1. The molecule has 26 heavy (non-hydrogen) atoms. The first-order valence-electron chi connectivity index (χ1n) is 7.48. The van der Waals surface area contributed by atoms with E-state index in [1.807, 2.05) is 11.4 Å². The van der Waals surface area contributed by atoms with Crippen LogP contribution >= 0.6 is 0 Å². The molecule has 0 aliphatic carbocycles. The summed E-state index contributed by atoms with van der Waals surface area (Å²) in [5.41, 5.74) is 0.418. The molecule has 1 aliphatic heterocycles. The number of nitrogens with one attached hydrogen (secondary N) is 1. The maximum Gasteiger partial charge on any atom is 0.382 e. The van der Waals surface area contributed by atoms with E-state index in [9.17, 15) is 25.3 Å². The largest absolute Gasteiger partial charge is 0.472 e. The Morgan fingerprint density at radius 2 is 2.23 bits per heavy atom. The lowest BCUT2D eigenvalue weighted by molar-refractivity contribution is -0.130. The van der Waals surface area contributed by atoms with Gasteiger partial charge in [0.05, 0.1) is 17.6 Å². The highest BCUT2D eigenvalue weighted by molar-refractivity contribution is 5.95. The zero-order valence-electron chi connectivity index (χ0n) is 13.5. The molecule has 0 aromatic carbocycles. The van der Waals surface area contributed by atoms with E-state index in [4.69, 9.17) is 9.84 Å². The molecule has 11 heteroatoms. The maximum atomic E-state index is 10.8. The normalized spacial score (nSPS) is 28.0. The molecule has 138 valence electrons. The highest BCUT2D eigenvalue weighted by Gasteiger charge is 2.53. The van der Waals surface area contributed by atoms with Crippen LogP contribution in [0.2, 0.25) is 0 Å². The Hall–Kier alpha value is -2.75. The molecule has 1 aliphatic rings. The number of aliphatic carboxylic acids is 1. The first kappa shape index (κ1) is 18.1. The second-order valence-electron chi connectivity index (χ2n) is 5.92. The summed E-state index contributed by atoms with van der Waals surface area (Å²) in [6.45, 7) is 0.815. The smallest absolute Gasteiger partial charge is 0.382 e. The Bertz CT molecular complexity index is 914. The first-order chi connectivity index (χ1) is 12.3. The van der Waals surface area contributed by atoms with Crippen LogP contribution in [0.3, 0.4) is 0 Å². The predicted molar refractivity (Wildman–Crippen MR) is 85.1 cm³/mol. The van der Waals surface area contributed by atoms with E-state index < -0.39 is 36.6 Å². The van der Waals surface area contributed by atoms with Crippen molar-refractivity contribution in [2.75, 3.05) is 12.1 Å². The third-order valence-corrected chi connectivity index (χ3v) is 4.21. The van der Waals surface area contributed by atoms with Crippen LogP contribution in [0, 0.1) is 11.8 Å². The minimum absolute atomic E-state index is 0.0275. The van der Waals surface area contributed by atoms with Crippen molar-refractivity contribution in [1.82, 2.24) is 14.5 Å². The number of hydrogen-bond donors (Lipinski definition) is 6. The van der Waals surface area contributed by atoms with Crippen molar-refractivity contribution in [1.29, 1.82) is 0 Å². The molecule has 11 nitrogen and oxygen atoms in total. The number of hydrogen-bond acceptors (Lipinski definition) is 9. The van der Waals surface area contributed by atoms with E-state index >= 15 is 0 Å². The van der Waals surface area contributed by atoms with Gasteiger partial charge in [0, 0.05) is 12.1 Å². The molecule has 0 bridgehead atoms. The van der Waals surface area contributed by atoms with Crippen LogP contribution in [0.25, 0.3) is 11.0 Å². The summed E-state index contributed by atoms with van der Waals surface area (Å²) >= 11 is 0. The molecule has 2 aromatic heterocycles. The molecular weight excluding hydrogens is 348 g/mol. The van der Waals surface area contributed by atoms with Gasteiger partial charge in [-0.3, -0.25) is 10.7 Å². The topological polar surface area (TPSA) is 170 Å². The van der Waals surface area contributed by atoms with Crippen molar-refractivity contribution >= 4 is 22.8 Å². The van der Waals surface area contributed by atoms with Crippen LogP contribution in [0.4, 0.5) is 5.82 Å². The molecule has 6 N–H and O–H groups in total. The van der Waals surface area contributed by atoms with Crippen LogP contribution in [-0.2, 0) is 9.53 Å². The molecule has 3 heterocycles. The highest BCUT2D eigenvalue weighted by Crippen LogP contribution is 2.40. The van der Waals surface area contributed by atoms with Gasteiger partial charge in [0.15, 0.2) is 12.0 Å². The fourth-order valence-corrected chi connectivity index (χ4v) is 2.95. The summed E-state index contributed by atoms with van der Waals surface area (Å²) in [7, 11) is 0. The van der Waals surface area contributed by atoms with E-state index in [0.717, 1.165) is 6.33 Å². The quantitative estimate of drug-likeness (QED) is 0.283. The van der Waals surface area contributed by atoms with Crippen LogP contribution in [0.15, 0.2) is 12.5 Å². The van der Waals surface area contributed by atoms with Gasteiger partial charge in [-0.15, -0.1) is 0 Å². The SMILES string of the molecule is C[C@@]1(O)C(O)C(CO)OC1n1cc(C#CC(=O)O)c2c(NO)ncnc21. The predicted octanol–water partition coefficient (Wildman–Crippen LogP) is -1.33. The number of carbonyl (C=O) groups is 1. The lowest BCUT2D eigenvalue weighted by Crippen LogP contribution is -2.44. The van der Waals surface area contributed by atoms with Crippen molar-refractivity contribution in [3.63, 3.8) is 0 Å². The van der Waals surface area contributed by atoms with Crippen LogP contribution in [0.5, 0.6) is 0 Å². The number of anilines is 1. The van der Waals surface area contributed by atoms with Gasteiger partial charge in [-0.2, -0.15) is 0 Å². The molecule has 4 atom stereocenters. The van der Waals surface area contributed by atoms with Gasteiger partial charge < -0.3 is 29.7 Å². The van der Waals surface area contributed by atoms with E-state index in [1.54, 1.807) is 0 Å². The zero-order valence-corrected chi connectivity index (χ0v) is 13.5. The number of aliphatic hydroxyl groups is 3. The van der Waals surface area contributed by atoms with Crippen molar-refractivity contribution in [3.05, 3.63) is 18.1 Å². The van der Waals surface area contributed by atoms with Crippen LogP contribution in [-0.4, -0.2) is 70.6 Å². The zero-order chi connectivity index (χ0) is 19.1. The van der Waals surface area contributed by atoms with Crippen LogP contribution in [0.1, 0.15) is 18.7 Å². The summed E-state index contributed by atoms with van der Waals surface area (Å²) in [5, 5.41) is 48.4.